The zero-order valence-electron chi connectivity index (χ0n) is 12.4. The van der Waals surface area contributed by atoms with Gasteiger partial charge in [-0.15, -0.1) is 11.3 Å². The van der Waals surface area contributed by atoms with Gasteiger partial charge in [-0.1, -0.05) is 0 Å². The van der Waals surface area contributed by atoms with Crippen molar-refractivity contribution in [2.45, 2.75) is 39.5 Å². The number of hydrogen-bond donors (Lipinski definition) is 2. The van der Waals surface area contributed by atoms with Gasteiger partial charge in [-0.2, -0.15) is 0 Å². The Morgan fingerprint density at radius 2 is 1.90 bits per heavy atom. The maximum atomic E-state index is 6.29. The summed E-state index contributed by atoms with van der Waals surface area (Å²) in [5.74, 6) is 0.937. The van der Waals surface area contributed by atoms with E-state index in [2.05, 4.69) is 31.0 Å². The number of thiophene rings is 1. The van der Waals surface area contributed by atoms with Crippen LogP contribution in [0.3, 0.4) is 0 Å². The van der Waals surface area contributed by atoms with Crippen LogP contribution in [0.4, 0.5) is 5.00 Å². The summed E-state index contributed by atoms with van der Waals surface area (Å²) in [6.45, 7) is 4.26. The SMILES string of the molecule is Cc1cc2nc(-c3c(N)sc4c3CCCC4)[nH]c2cc1C. The van der Waals surface area contributed by atoms with Gasteiger partial charge in [0.2, 0.25) is 0 Å². The molecule has 1 aliphatic rings. The number of aromatic nitrogens is 2. The van der Waals surface area contributed by atoms with Gasteiger partial charge in [-0.3, -0.25) is 0 Å². The Hall–Kier alpha value is -1.81. The molecule has 0 fully saturated rings. The van der Waals surface area contributed by atoms with Gasteiger partial charge in [0.15, 0.2) is 0 Å². The Morgan fingerprint density at radius 1 is 1.14 bits per heavy atom. The molecule has 1 aromatic carbocycles. The highest BCUT2D eigenvalue weighted by atomic mass is 32.1. The Labute approximate surface area is 128 Å². The van der Waals surface area contributed by atoms with Crippen LogP contribution >= 0.6 is 11.3 Å². The number of nitrogens with two attached hydrogens (primary N) is 1. The largest absolute Gasteiger partial charge is 0.390 e. The average molecular weight is 297 g/mol. The molecule has 0 radical (unpaired) electrons. The highest BCUT2D eigenvalue weighted by Gasteiger charge is 2.22. The van der Waals surface area contributed by atoms with Crippen molar-refractivity contribution in [3.05, 3.63) is 33.7 Å². The number of nitrogens with zero attached hydrogens (tertiary/aromatic N) is 1. The van der Waals surface area contributed by atoms with Gasteiger partial charge in [0.05, 0.1) is 21.6 Å². The molecule has 0 spiro atoms. The van der Waals surface area contributed by atoms with E-state index in [1.165, 1.54) is 40.8 Å². The highest BCUT2D eigenvalue weighted by Crippen LogP contribution is 2.41. The second kappa shape index (κ2) is 4.60. The Bertz CT molecular complexity index is 802. The third-order valence-electron chi connectivity index (χ3n) is 4.53. The first kappa shape index (κ1) is 12.9. The van der Waals surface area contributed by atoms with Crippen molar-refractivity contribution >= 4 is 27.4 Å². The second-order valence-corrected chi connectivity index (χ2v) is 7.13. The van der Waals surface area contributed by atoms with E-state index in [-0.39, 0.29) is 0 Å². The van der Waals surface area contributed by atoms with Crippen LogP contribution in [0.5, 0.6) is 0 Å². The molecular formula is C17H19N3S. The first-order chi connectivity index (χ1) is 10.1. The molecule has 108 valence electrons. The van der Waals surface area contributed by atoms with Crippen molar-refractivity contribution in [1.29, 1.82) is 0 Å². The third kappa shape index (κ3) is 1.97. The zero-order valence-corrected chi connectivity index (χ0v) is 13.2. The summed E-state index contributed by atoms with van der Waals surface area (Å²) in [4.78, 5) is 9.73. The summed E-state index contributed by atoms with van der Waals surface area (Å²) in [5.41, 5.74) is 13.6. The van der Waals surface area contributed by atoms with E-state index in [9.17, 15) is 0 Å². The predicted molar refractivity (Wildman–Crippen MR) is 89.9 cm³/mol. The lowest BCUT2D eigenvalue weighted by atomic mass is 9.95. The van der Waals surface area contributed by atoms with Crippen LogP contribution in [0.2, 0.25) is 0 Å². The lowest BCUT2D eigenvalue weighted by molar-refractivity contribution is 0.698. The van der Waals surface area contributed by atoms with Crippen LogP contribution in [-0.2, 0) is 12.8 Å². The van der Waals surface area contributed by atoms with Gasteiger partial charge >= 0.3 is 0 Å². The Kier molecular flexibility index (Phi) is 2.82. The van der Waals surface area contributed by atoms with Crippen LogP contribution < -0.4 is 5.73 Å². The molecule has 3 N–H and O–H groups in total. The zero-order chi connectivity index (χ0) is 14.6. The van der Waals surface area contributed by atoms with Crippen molar-refractivity contribution in [3.8, 4) is 11.4 Å². The van der Waals surface area contributed by atoms with Crippen LogP contribution in [0.1, 0.15) is 34.4 Å². The number of rotatable bonds is 1. The lowest BCUT2D eigenvalue weighted by Gasteiger charge is -2.11. The van der Waals surface area contributed by atoms with Crippen molar-refractivity contribution in [2.24, 2.45) is 0 Å². The summed E-state index contributed by atoms with van der Waals surface area (Å²) < 4.78 is 0. The summed E-state index contributed by atoms with van der Waals surface area (Å²) in [7, 11) is 0. The molecule has 0 bridgehead atoms. The smallest absolute Gasteiger partial charge is 0.141 e. The number of aromatic amines is 1. The minimum atomic E-state index is 0.911. The van der Waals surface area contributed by atoms with Gasteiger partial charge in [0.1, 0.15) is 5.82 Å². The number of benzene rings is 1. The number of imidazole rings is 1. The van der Waals surface area contributed by atoms with Gasteiger partial charge in [0, 0.05) is 4.88 Å². The monoisotopic (exact) mass is 297 g/mol. The molecule has 0 saturated heterocycles. The van der Waals surface area contributed by atoms with Gasteiger partial charge in [-0.05, 0) is 68.4 Å². The molecule has 0 amide bonds. The fraction of sp³-hybridized carbons (Fsp3) is 0.353. The van der Waals surface area contributed by atoms with Crippen LogP contribution in [-0.4, -0.2) is 9.97 Å². The molecule has 21 heavy (non-hydrogen) atoms. The standard InChI is InChI=1S/C17H19N3S/c1-9-7-12-13(8-10(9)2)20-17(19-12)15-11-5-3-4-6-14(11)21-16(15)18/h7-8H,3-6,18H2,1-2H3,(H,19,20). The topological polar surface area (TPSA) is 54.7 Å². The van der Waals surface area contributed by atoms with Crippen LogP contribution in [0, 0.1) is 13.8 Å². The molecule has 2 heterocycles. The van der Waals surface area contributed by atoms with E-state index in [1.54, 1.807) is 11.3 Å². The predicted octanol–water partition coefficient (Wildman–Crippen LogP) is 4.37. The van der Waals surface area contributed by atoms with E-state index >= 15 is 0 Å². The first-order valence-electron chi connectivity index (χ1n) is 7.51. The quantitative estimate of drug-likeness (QED) is 0.700. The van der Waals surface area contributed by atoms with E-state index in [1.807, 2.05) is 0 Å². The minimum Gasteiger partial charge on any atom is -0.390 e. The molecule has 4 heteroatoms. The molecule has 4 rings (SSSR count). The molecular weight excluding hydrogens is 278 g/mol. The summed E-state index contributed by atoms with van der Waals surface area (Å²) in [5, 5.41) is 0.911. The van der Waals surface area contributed by atoms with Gasteiger partial charge in [0.25, 0.3) is 0 Å². The van der Waals surface area contributed by atoms with E-state index < -0.39 is 0 Å². The molecule has 3 aromatic rings. The van der Waals surface area contributed by atoms with E-state index in [0.29, 0.717) is 0 Å². The number of hydrogen-bond acceptors (Lipinski definition) is 3. The Morgan fingerprint density at radius 3 is 2.76 bits per heavy atom. The van der Waals surface area contributed by atoms with E-state index in [4.69, 9.17) is 10.7 Å². The van der Waals surface area contributed by atoms with Crippen LogP contribution in [0.15, 0.2) is 12.1 Å². The first-order valence-corrected chi connectivity index (χ1v) is 8.32. The van der Waals surface area contributed by atoms with Crippen molar-refractivity contribution < 1.29 is 0 Å². The number of H-pyrrole nitrogens is 1. The maximum absolute atomic E-state index is 6.29. The number of anilines is 1. The fourth-order valence-electron chi connectivity index (χ4n) is 3.23. The number of fused-ring (bicyclic) bond motifs is 2. The van der Waals surface area contributed by atoms with Crippen molar-refractivity contribution in [3.63, 3.8) is 0 Å². The molecule has 3 nitrogen and oxygen atoms in total. The number of aryl methyl sites for hydroxylation is 3. The van der Waals surface area contributed by atoms with Crippen molar-refractivity contribution in [1.82, 2.24) is 9.97 Å². The summed E-state index contributed by atoms with van der Waals surface area (Å²) >= 11 is 1.75. The molecule has 0 saturated carbocycles. The highest BCUT2D eigenvalue weighted by molar-refractivity contribution is 7.16. The molecule has 0 unspecified atom stereocenters. The summed E-state index contributed by atoms with van der Waals surface area (Å²) in [6.07, 6.45) is 4.84. The average Bonchev–Trinajstić information content (AvgIpc) is 2.98. The normalized spacial score (nSPS) is 14.6. The van der Waals surface area contributed by atoms with Gasteiger partial charge < -0.3 is 10.7 Å². The summed E-state index contributed by atoms with van der Waals surface area (Å²) in [6, 6.07) is 4.33. The van der Waals surface area contributed by atoms with E-state index in [0.717, 1.165) is 33.8 Å². The van der Waals surface area contributed by atoms with Crippen molar-refractivity contribution in [2.75, 3.05) is 5.73 Å². The second-order valence-electron chi connectivity index (χ2n) is 5.99. The minimum absolute atomic E-state index is 0.911. The molecule has 0 atom stereocenters. The number of nitrogens with one attached hydrogen (secondary N) is 1. The molecule has 2 aromatic heterocycles. The lowest BCUT2D eigenvalue weighted by Crippen LogP contribution is -2.00. The van der Waals surface area contributed by atoms with Crippen LogP contribution in [0.25, 0.3) is 22.4 Å². The maximum Gasteiger partial charge on any atom is 0.141 e. The molecule has 0 aliphatic heterocycles. The fourth-order valence-corrected chi connectivity index (χ4v) is 4.40. The van der Waals surface area contributed by atoms with Gasteiger partial charge in [-0.25, -0.2) is 4.98 Å². The third-order valence-corrected chi connectivity index (χ3v) is 5.65. The molecule has 1 aliphatic carbocycles. The Balaban J connectivity index is 1.92. The number of nitrogen functional groups attached to an aromatic ring is 1.